The van der Waals surface area contributed by atoms with Crippen molar-refractivity contribution in [1.82, 2.24) is 9.80 Å². The maximum absolute atomic E-state index is 13.8. The predicted molar refractivity (Wildman–Crippen MR) is 190 cm³/mol. The predicted octanol–water partition coefficient (Wildman–Crippen LogP) is 7.82. The normalized spacial score (nSPS) is 12.3. The van der Waals surface area contributed by atoms with Crippen LogP contribution < -0.4 is 10.2 Å². The van der Waals surface area contributed by atoms with Gasteiger partial charge in [0.2, 0.25) is 0 Å². The summed E-state index contributed by atoms with van der Waals surface area (Å²) in [5.74, 6) is 0.253. The van der Waals surface area contributed by atoms with E-state index in [0.29, 0.717) is 13.1 Å². The van der Waals surface area contributed by atoms with Crippen molar-refractivity contribution in [2.45, 2.75) is 118 Å². The van der Waals surface area contributed by atoms with Gasteiger partial charge in [-0.25, -0.2) is 0 Å². The first-order chi connectivity index (χ1) is 19.8. The number of nitrogens with zero attached hydrogens (tertiary/aromatic N) is 4. The zero-order valence-corrected chi connectivity index (χ0v) is 34.7. The van der Waals surface area contributed by atoms with Crippen molar-refractivity contribution >= 4 is 0 Å². The molecule has 0 saturated heterocycles. The Bertz CT molecular complexity index is 1070. The second kappa shape index (κ2) is 18.9. The van der Waals surface area contributed by atoms with Gasteiger partial charge in [0.25, 0.3) is 0 Å². The van der Waals surface area contributed by atoms with Gasteiger partial charge in [0.1, 0.15) is 0 Å². The van der Waals surface area contributed by atoms with Gasteiger partial charge in [-0.1, -0.05) is 107 Å². The molecule has 2 aromatic carbocycles. The third-order valence-corrected chi connectivity index (χ3v) is 7.33. The van der Waals surface area contributed by atoms with Crippen LogP contribution in [-0.4, -0.2) is 65.2 Å². The van der Waals surface area contributed by atoms with Crippen LogP contribution in [0.4, 0.5) is 0 Å². The Morgan fingerprint density at radius 1 is 0.533 bits per heavy atom. The maximum atomic E-state index is 13.8. The van der Waals surface area contributed by atoms with Crippen molar-refractivity contribution in [3.8, 4) is 11.5 Å². The zero-order valence-electron chi connectivity index (χ0n) is 32.2. The van der Waals surface area contributed by atoms with Gasteiger partial charge in [-0.05, 0) is 69.1 Å². The van der Waals surface area contributed by atoms with E-state index in [1.807, 2.05) is 0 Å². The molecule has 0 atom stereocenters. The number of likely N-dealkylation sites (N-methyl/N-ethyl adjacent to an activating group) is 1. The Morgan fingerprint density at radius 2 is 0.822 bits per heavy atom. The fourth-order valence-electron chi connectivity index (χ4n) is 4.63. The summed E-state index contributed by atoms with van der Waals surface area (Å²) in [5.41, 5.74) is 5.09. The second-order valence-electron chi connectivity index (χ2n) is 16.4. The molecule has 0 unspecified atom stereocenters. The molecule has 0 aliphatic carbocycles. The molecule has 0 fully saturated rings. The van der Waals surface area contributed by atoms with E-state index in [1.54, 1.807) is 28.2 Å². The van der Waals surface area contributed by atoms with E-state index in [-0.39, 0.29) is 59.4 Å². The quantitative estimate of drug-likeness (QED) is 0.295. The average molecular weight is 702 g/mol. The summed E-state index contributed by atoms with van der Waals surface area (Å²) in [6.45, 7) is 28.5. The molecular formula is C38H66N4O2Zr. The monoisotopic (exact) mass is 700 g/mol. The van der Waals surface area contributed by atoms with E-state index in [2.05, 4.69) is 142 Å². The van der Waals surface area contributed by atoms with Gasteiger partial charge in [0.15, 0.2) is 0 Å². The molecule has 45 heavy (non-hydrogen) atoms. The first-order valence-corrected chi connectivity index (χ1v) is 15.9. The Hall–Kier alpha value is -1.24. The smallest absolute Gasteiger partial charge is 0.872 e. The SMILES string of the molecule is CN(C)CCN(Cc1cc(C(C)(C)C)cc(C(C)(C)C)c1[O-])Cc1cc(C(C)(C)C)cc(C(C)(C)C)c1[O-].C[N-]C.C[N-]C.[Zr+4]. The molecule has 0 N–H and O–H groups in total. The molecule has 2 aromatic rings. The van der Waals surface area contributed by atoms with E-state index >= 15 is 0 Å². The number of benzene rings is 2. The number of rotatable bonds is 7. The first kappa shape index (κ1) is 45.9. The minimum absolute atomic E-state index is 0. The molecule has 0 heterocycles. The van der Waals surface area contributed by atoms with Gasteiger partial charge in [-0.3, -0.25) is 4.90 Å². The summed E-state index contributed by atoms with van der Waals surface area (Å²) >= 11 is 0. The Kier molecular flexibility index (Phi) is 19.3. The number of hydrogen-bond donors (Lipinski definition) is 0. The third-order valence-electron chi connectivity index (χ3n) is 7.33. The Balaban J connectivity index is 0. The molecular weight excluding hydrogens is 636 g/mol. The largest absolute Gasteiger partial charge is 4.00 e. The second-order valence-corrected chi connectivity index (χ2v) is 16.4. The fraction of sp³-hybridized carbons (Fsp3) is 0.684. The van der Waals surface area contributed by atoms with Crippen LogP contribution in [0.5, 0.6) is 11.5 Å². The molecule has 0 saturated carbocycles. The summed E-state index contributed by atoms with van der Waals surface area (Å²) < 4.78 is 0. The summed E-state index contributed by atoms with van der Waals surface area (Å²) in [6, 6.07) is 8.41. The van der Waals surface area contributed by atoms with Crippen molar-refractivity contribution in [2.75, 3.05) is 55.4 Å². The number of hydrogen-bond acceptors (Lipinski definition) is 4. The minimum Gasteiger partial charge on any atom is -0.872 e. The van der Waals surface area contributed by atoms with Crippen LogP contribution in [0.1, 0.15) is 116 Å². The molecule has 2 rings (SSSR count). The Morgan fingerprint density at radius 3 is 1.04 bits per heavy atom. The van der Waals surface area contributed by atoms with E-state index in [4.69, 9.17) is 0 Å². The van der Waals surface area contributed by atoms with Crippen LogP contribution in [0.3, 0.4) is 0 Å². The van der Waals surface area contributed by atoms with Crippen LogP contribution in [-0.2, 0) is 61.0 Å². The molecule has 0 radical (unpaired) electrons. The zero-order chi connectivity index (χ0) is 34.8. The fourth-order valence-corrected chi connectivity index (χ4v) is 4.63. The molecule has 0 spiro atoms. The van der Waals surface area contributed by atoms with Gasteiger partial charge in [0.05, 0.1) is 0 Å². The summed E-state index contributed by atoms with van der Waals surface area (Å²) in [6.07, 6.45) is 0. The molecule has 0 amide bonds. The van der Waals surface area contributed by atoms with Crippen molar-refractivity contribution in [1.29, 1.82) is 0 Å². The minimum atomic E-state index is -0.244. The maximum Gasteiger partial charge on any atom is 4.00 e. The summed E-state index contributed by atoms with van der Waals surface area (Å²) in [4.78, 5) is 4.44. The van der Waals surface area contributed by atoms with Crippen molar-refractivity contribution < 1.29 is 36.4 Å². The summed E-state index contributed by atoms with van der Waals surface area (Å²) in [5, 5.41) is 34.5. The van der Waals surface area contributed by atoms with Crippen LogP contribution in [0.25, 0.3) is 10.6 Å². The van der Waals surface area contributed by atoms with Gasteiger partial charge in [-0.2, -0.15) is 28.2 Å². The van der Waals surface area contributed by atoms with Crippen LogP contribution in [0.15, 0.2) is 24.3 Å². The van der Waals surface area contributed by atoms with Gasteiger partial charge >= 0.3 is 26.2 Å². The summed E-state index contributed by atoms with van der Waals surface area (Å²) in [7, 11) is 11.1. The van der Waals surface area contributed by atoms with Crippen molar-refractivity contribution in [3.63, 3.8) is 0 Å². The van der Waals surface area contributed by atoms with Crippen LogP contribution in [0.2, 0.25) is 0 Å². The molecule has 0 aromatic heterocycles. The van der Waals surface area contributed by atoms with Crippen molar-refractivity contribution in [2.24, 2.45) is 0 Å². The molecule has 0 aliphatic rings. The molecule has 6 nitrogen and oxygen atoms in total. The topological polar surface area (TPSA) is 80.8 Å². The molecule has 7 heteroatoms. The average Bonchev–Trinajstić information content (AvgIpc) is 2.82. The standard InChI is InChI=1S/C34H56N2O2.2C2H6N.Zr/c1-31(2,3)25-17-23(29(37)27(19-25)33(7,8)9)21-36(16-15-35(13)14)22-24-18-26(32(4,5)6)20-28(30(24)38)34(10,11)12;2*1-3-2;/h17-20,37-38H,15-16,21-22H2,1-14H3;2*1-2H3;/q;2*-1;+4/p-2. The van der Waals surface area contributed by atoms with Crippen LogP contribution in [0, 0.1) is 0 Å². The van der Waals surface area contributed by atoms with Crippen LogP contribution >= 0.6 is 0 Å². The van der Waals surface area contributed by atoms with Gasteiger partial charge < -0.3 is 25.7 Å². The van der Waals surface area contributed by atoms with E-state index < -0.39 is 0 Å². The Labute approximate surface area is 297 Å². The van der Waals surface area contributed by atoms with E-state index in [9.17, 15) is 10.2 Å². The molecule has 254 valence electrons. The molecule has 0 aliphatic heterocycles. The van der Waals surface area contributed by atoms with Crippen molar-refractivity contribution in [3.05, 3.63) is 68.3 Å². The van der Waals surface area contributed by atoms with E-state index in [1.165, 1.54) is 11.1 Å². The van der Waals surface area contributed by atoms with E-state index in [0.717, 1.165) is 35.3 Å². The van der Waals surface area contributed by atoms with Gasteiger partial charge in [-0.15, -0.1) is 11.5 Å². The van der Waals surface area contributed by atoms with Gasteiger partial charge in [0, 0.05) is 26.2 Å². The molecule has 0 bridgehead atoms. The third kappa shape index (κ3) is 15.5. The first-order valence-electron chi connectivity index (χ1n) is 15.9.